The topological polar surface area (TPSA) is 66.5 Å². The largest absolute Gasteiger partial charge is 0.383 e. The molecule has 0 aliphatic carbocycles. The van der Waals surface area contributed by atoms with Crippen molar-refractivity contribution < 1.29 is 18.3 Å². The van der Waals surface area contributed by atoms with E-state index >= 15 is 0 Å². The Kier molecular flexibility index (Phi) is 7.32. The van der Waals surface area contributed by atoms with Gasteiger partial charge in [0.2, 0.25) is 0 Å². The number of aryl methyl sites for hydroxylation is 1. The maximum Gasteiger partial charge on any atom is 0.320 e. The molecule has 2 unspecified atom stereocenters. The number of aromatic nitrogens is 1. The van der Waals surface area contributed by atoms with Gasteiger partial charge in [-0.05, 0) is 24.6 Å². The van der Waals surface area contributed by atoms with E-state index in [9.17, 15) is 13.6 Å². The lowest BCUT2D eigenvalue weighted by Gasteiger charge is -2.20. The molecule has 2 amide bonds. The van der Waals surface area contributed by atoms with Crippen LogP contribution in [-0.4, -0.2) is 55.3 Å². The van der Waals surface area contributed by atoms with Crippen LogP contribution in [0.1, 0.15) is 17.2 Å². The number of likely N-dealkylation sites (tertiary alicyclic amines) is 1. The van der Waals surface area contributed by atoms with E-state index in [4.69, 9.17) is 4.74 Å². The fourth-order valence-corrected chi connectivity index (χ4v) is 5.01. The molecule has 33 heavy (non-hydrogen) atoms. The number of anilines is 1. The molecule has 0 spiro atoms. The zero-order chi connectivity index (χ0) is 23.4. The first-order valence-corrected chi connectivity index (χ1v) is 11.5. The first kappa shape index (κ1) is 23.3. The van der Waals surface area contributed by atoms with E-state index in [1.165, 1.54) is 17.4 Å². The molecule has 2 atom stereocenters. The van der Waals surface area contributed by atoms with Crippen molar-refractivity contribution in [1.82, 2.24) is 15.2 Å². The molecule has 1 saturated heterocycles. The molecular weight excluding hydrogens is 446 g/mol. The number of rotatable bonds is 7. The minimum Gasteiger partial charge on any atom is -0.383 e. The van der Waals surface area contributed by atoms with Crippen molar-refractivity contribution in [2.75, 3.05) is 38.7 Å². The van der Waals surface area contributed by atoms with Gasteiger partial charge in [-0.25, -0.2) is 18.6 Å². The first-order valence-electron chi connectivity index (χ1n) is 10.7. The van der Waals surface area contributed by atoms with Gasteiger partial charge < -0.3 is 10.1 Å². The lowest BCUT2D eigenvalue weighted by Crippen LogP contribution is -2.42. The van der Waals surface area contributed by atoms with Crippen molar-refractivity contribution in [1.29, 1.82) is 0 Å². The third kappa shape index (κ3) is 5.55. The molecule has 2 aromatic carbocycles. The number of carbonyl (C=O) groups excluding carboxylic acids is 1. The van der Waals surface area contributed by atoms with Crippen LogP contribution in [0.15, 0.2) is 48.5 Å². The Morgan fingerprint density at radius 2 is 1.97 bits per heavy atom. The van der Waals surface area contributed by atoms with Crippen LogP contribution in [0.2, 0.25) is 0 Å². The molecule has 1 aliphatic heterocycles. The molecule has 1 aliphatic rings. The molecule has 174 valence electrons. The van der Waals surface area contributed by atoms with Crippen molar-refractivity contribution >= 4 is 22.4 Å². The van der Waals surface area contributed by atoms with E-state index in [0.29, 0.717) is 36.8 Å². The Hall–Kier alpha value is -2.88. The van der Waals surface area contributed by atoms with Gasteiger partial charge in [0.15, 0.2) is 11.6 Å². The Labute approximate surface area is 195 Å². The van der Waals surface area contributed by atoms with E-state index in [2.05, 4.69) is 20.5 Å². The van der Waals surface area contributed by atoms with Gasteiger partial charge in [0.1, 0.15) is 10.0 Å². The van der Waals surface area contributed by atoms with Gasteiger partial charge in [0.25, 0.3) is 0 Å². The molecule has 1 aromatic heterocycles. The van der Waals surface area contributed by atoms with Crippen LogP contribution >= 0.6 is 11.3 Å². The van der Waals surface area contributed by atoms with Gasteiger partial charge in [-0.15, -0.1) is 0 Å². The number of nitrogens with zero attached hydrogens (tertiary/aromatic N) is 2. The highest BCUT2D eigenvalue weighted by Gasteiger charge is 2.35. The average Bonchev–Trinajstić information content (AvgIpc) is 3.38. The Morgan fingerprint density at radius 1 is 1.18 bits per heavy atom. The molecule has 0 bridgehead atoms. The zero-order valence-electron chi connectivity index (χ0n) is 18.5. The molecule has 0 saturated carbocycles. The van der Waals surface area contributed by atoms with E-state index in [1.54, 1.807) is 13.2 Å². The van der Waals surface area contributed by atoms with E-state index in [-0.39, 0.29) is 18.0 Å². The number of ether oxygens (including phenoxy) is 1. The lowest BCUT2D eigenvalue weighted by atomic mass is 9.94. The SMILES string of the molecule is COCCN1CC(NC(=O)Nc2sc(-c3ccccc3)nc2C)C(c2ccc(F)c(F)c2)C1. The molecule has 3 aromatic rings. The summed E-state index contributed by atoms with van der Waals surface area (Å²) in [4.78, 5) is 19.6. The second-order valence-corrected chi connectivity index (χ2v) is 9.04. The van der Waals surface area contributed by atoms with Crippen LogP contribution in [0, 0.1) is 18.6 Å². The predicted octanol–water partition coefficient (Wildman–Crippen LogP) is 4.63. The lowest BCUT2D eigenvalue weighted by molar-refractivity contribution is 0.159. The Bertz CT molecular complexity index is 1110. The normalized spacial score (nSPS) is 18.4. The van der Waals surface area contributed by atoms with Crippen molar-refractivity contribution in [3.63, 3.8) is 0 Å². The number of urea groups is 1. The molecule has 0 radical (unpaired) electrons. The van der Waals surface area contributed by atoms with Crippen LogP contribution in [0.3, 0.4) is 0 Å². The summed E-state index contributed by atoms with van der Waals surface area (Å²) < 4.78 is 32.5. The predicted molar refractivity (Wildman–Crippen MR) is 126 cm³/mol. The van der Waals surface area contributed by atoms with E-state index in [0.717, 1.165) is 22.3 Å². The fourth-order valence-electron chi connectivity index (χ4n) is 4.04. The fraction of sp³-hybridized carbons (Fsp3) is 0.333. The maximum absolute atomic E-state index is 13.9. The summed E-state index contributed by atoms with van der Waals surface area (Å²) >= 11 is 1.41. The zero-order valence-corrected chi connectivity index (χ0v) is 19.3. The van der Waals surface area contributed by atoms with Crippen molar-refractivity contribution in [2.45, 2.75) is 18.9 Å². The van der Waals surface area contributed by atoms with Crippen LogP contribution < -0.4 is 10.6 Å². The third-order valence-corrected chi connectivity index (χ3v) is 6.86. The molecular formula is C24H26F2N4O2S. The summed E-state index contributed by atoms with van der Waals surface area (Å²) in [5.41, 5.74) is 2.38. The summed E-state index contributed by atoms with van der Waals surface area (Å²) in [7, 11) is 1.63. The minimum atomic E-state index is -0.889. The van der Waals surface area contributed by atoms with Crippen molar-refractivity contribution in [3.8, 4) is 10.6 Å². The highest BCUT2D eigenvalue weighted by Crippen LogP contribution is 2.32. The highest BCUT2D eigenvalue weighted by molar-refractivity contribution is 7.19. The van der Waals surface area contributed by atoms with Gasteiger partial charge in [0.05, 0.1) is 18.3 Å². The van der Waals surface area contributed by atoms with Gasteiger partial charge in [-0.1, -0.05) is 47.7 Å². The quantitative estimate of drug-likeness (QED) is 0.526. The smallest absolute Gasteiger partial charge is 0.320 e. The summed E-state index contributed by atoms with van der Waals surface area (Å²) in [5.74, 6) is -1.95. The van der Waals surface area contributed by atoms with Crippen LogP contribution in [0.25, 0.3) is 10.6 Å². The van der Waals surface area contributed by atoms with Gasteiger partial charge in [0, 0.05) is 38.2 Å². The summed E-state index contributed by atoms with van der Waals surface area (Å²) in [6, 6.07) is 13.1. The van der Waals surface area contributed by atoms with Crippen LogP contribution in [0.4, 0.5) is 18.6 Å². The molecule has 4 rings (SSSR count). The van der Waals surface area contributed by atoms with Crippen LogP contribution in [-0.2, 0) is 4.74 Å². The number of nitrogens with one attached hydrogen (secondary N) is 2. The second-order valence-electron chi connectivity index (χ2n) is 8.04. The number of thiazole rings is 1. The van der Waals surface area contributed by atoms with Gasteiger partial charge >= 0.3 is 6.03 Å². The number of hydrogen-bond acceptors (Lipinski definition) is 5. The maximum atomic E-state index is 13.9. The monoisotopic (exact) mass is 472 g/mol. The first-order chi connectivity index (χ1) is 15.9. The molecule has 2 N–H and O–H groups in total. The minimum absolute atomic E-state index is 0.176. The van der Waals surface area contributed by atoms with Crippen molar-refractivity contribution in [2.24, 2.45) is 0 Å². The summed E-state index contributed by atoms with van der Waals surface area (Å²) in [5, 5.41) is 7.43. The number of amides is 2. The average molecular weight is 473 g/mol. The molecule has 9 heteroatoms. The molecule has 2 heterocycles. The second kappa shape index (κ2) is 10.4. The number of hydrogen-bond donors (Lipinski definition) is 2. The number of halogens is 2. The summed E-state index contributed by atoms with van der Waals surface area (Å²) in [6.45, 7) is 4.27. The number of benzene rings is 2. The Balaban J connectivity index is 1.47. The number of carbonyl (C=O) groups is 1. The third-order valence-electron chi connectivity index (χ3n) is 5.74. The molecule has 1 fully saturated rings. The van der Waals surface area contributed by atoms with Crippen LogP contribution in [0.5, 0.6) is 0 Å². The van der Waals surface area contributed by atoms with Crippen molar-refractivity contribution in [3.05, 3.63) is 71.4 Å². The van der Waals surface area contributed by atoms with Gasteiger partial charge in [-0.2, -0.15) is 0 Å². The Morgan fingerprint density at radius 3 is 2.70 bits per heavy atom. The molecule has 6 nitrogen and oxygen atoms in total. The van der Waals surface area contributed by atoms with Gasteiger partial charge in [-0.3, -0.25) is 10.2 Å². The van der Waals surface area contributed by atoms with E-state index in [1.807, 2.05) is 37.3 Å². The number of methoxy groups -OCH3 is 1. The van der Waals surface area contributed by atoms with E-state index < -0.39 is 11.6 Å². The summed E-state index contributed by atoms with van der Waals surface area (Å²) in [6.07, 6.45) is 0. The standard InChI is InChI=1S/C24H26F2N4O2S/c1-15-22(33-23(27-15)16-6-4-3-5-7-16)29-24(31)28-21-14-30(10-11-32-2)13-18(21)17-8-9-19(25)20(26)12-17/h3-9,12,18,21H,10-11,13-14H2,1-2H3,(H2,28,29,31). The highest BCUT2D eigenvalue weighted by atomic mass is 32.1.